The van der Waals surface area contributed by atoms with Gasteiger partial charge >= 0.3 is 6.03 Å². The monoisotopic (exact) mass is 277 g/mol. The van der Waals surface area contributed by atoms with Crippen LogP contribution in [0.4, 0.5) is 10.5 Å². The summed E-state index contributed by atoms with van der Waals surface area (Å²) >= 11 is 1.63. The number of para-hydroxylation sites is 1. The minimum Gasteiger partial charge on any atom is -0.486 e. The van der Waals surface area contributed by atoms with Crippen LogP contribution >= 0.6 is 11.3 Å². The van der Waals surface area contributed by atoms with Gasteiger partial charge in [-0.15, -0.1) is 11.3 Å². The fourth-order valence-electron chi connectivity index (χ4n) is 1.64. The maximum Gasteiger partial charge on any atom is 0.333 e. The van der Waals surface area contributed by atoms with Crippen LogP contribution < -0.4 is 21.3 Å². The van der Waals surface area contributed by atoms with Crippen LogP contribution in [0, 0.1) is 6.92 Å². The van der Waals surface area contributed by atoms with Crippen LogP contribution in [0.25, 0.3) is 0 Å². The van der Waals surface area contributed by atoms with E-state index in [1.54, 1.807) is 17.4 Å². The first-order valence-corrected chi connectivity index (χ1v) is 6.61. The molecule has 0 unspecified atom stereocenters. The van der Waals surface area contributed by atoms with Crippen LogP contribution in [0.2, 0.25) is 0 Å². The molecule has 0 saturated heterocycles. The summed E-state index contributed by atoms with van der Waals surface area (Å²) in [6.45, 7) is 2.40. The lowest BCUT2D eigenvalue weighted by molar-refractivity contribution is 0.252. The summed E-state index contributed by atoms with van der Waals surface area (Å²) in [6, 6.07) is 9.04. The second-order valence-corrected chi connectivity index (χ2v) is 4.95. The summed E-state index contributed by atoms with van der Waals surface area (Å²) in [5, 5.41) is 4.63. The molecule has 19 heavy (non-hydrogen) atoms. The van der Waals surface area contributed by atoms with E-state index >= 15 is 0 Å². The third kappa shape index (κ3) is 3.46. The molecule has 0 spiro atoms. The average Bonchev–Trinajstić information content (AvgIpc) is 2.91. The molecule has 0 saturated carbocycles. The van der Waals surface area contributed by atoms with E-state index in [1.807, 2.05) is 42.0 Å². The number of carbonyl (C=O) groups is 1. The van der Waals surface area contributed by atoms with E-state index in [0.717, 1.165) is 10.4 Å². The van der Waals surface area contributed by atoms with E-state index in [2.05, 4.69) is 5.32 Å². The predicted octanol–water partition coefficient (Wildman–Crippen LogP) is 2.63. The van der Waals surface area contributed by atoms with Crippen molar-refractivity contribution in [1.29, 1.82) is 0 Å². The largest absolute Gasteiger partial charge is 0.486 e. The van der Waals surface area contributed by atoms with E-state index in [4.69, 9.17) is 10.6 Å². The highest BCUT2D eigenvalue weighted by Crippen LogP contribution is 2.29. The van der Waals surface area contributed by atoms with Crippen molar-refractivity contribution in [2.24, 2.45) is 5.84 Å². The highest BCUT2D eigenvalue weighted by Gasteiger charge is 2.10. The van der Waals surface area contributed by atoms with Crippen molar-refractivity contribution in [1.82, 2.24) is 5.43 Å². The molecule has 1 aromatic heterocycles. The molecule has 0 aliphatic carbocycles. The number of hydrazine groups is 1. The standard InChI is InChI=1S/C13H15N3O2S/c1-9-4-2-6-11(15-13(17)16-14)12(9)18-8-10-5-3-7-19-10/h2-7H,8,14H2,1H3,(H2,15,16,17). The molecule has 0 fully saturated rings. The maximum absolute atomic E-state index is 11.3. The number of hydrogen-bond donors (Lipinski definition) is 3. The number of amides is 2. The molecule has 0 radical (unpaired) electrons. The third-order valence-electron chi connectivity index (χ3n) is 2.53. The van der Waals surface area contributed by atoms with Gasteiger partial charge in [-0.05, 0) is 30.0 Å². The minimum absolute atomic E-state index is 0.474. The van der Waals surface area contributed by atoms with Gasteiger partial charge in [-0.2, -0.15) is 0 Å². The summed E-state index contributed by atoms with van der Waals surface area (Å²) < 4.78 is 5.78. The molecule has 2 amide bonds. The smallest absolute Gasteiger partial charge is 0.333 e. The van der Waals surface area contributed by atoms with E-state index in [1.165, 1.54) is 0 Å². The summed E-state index contributed by atoms with van der Waals surface area (Å²) in [4.78, 5) is 12.4. The number of thiophene rings is 1. The van der Waals surface area contributed by atoms with Gasteiger partial charge in [0.05, 0.1) is 5.69 Å². The van der Waals surface area contributed by atoms with Crippen molar-refractivity contribution >= 4 is 23.1 Å². The zero-order valence-corrected chi connectivity index (χ0v) is 11.3. The first-order chi connectivity index (χ1) is 9.20. The molecule has 1 heterocycles. The van der Waals surface area contributed by atoms with Crippen molar-refractivity contribution in [3.8, 4) is 5.75 Å². The van der Waals surface area contributed by atoms with E-state index in [0.29, 0.717) is 18.0 Å². The zero-order chi connectivity index (χ0) is 13.7. The molecular formula is C13H15N3O2S. The lowest BCUT2D eigenvalue weighted by atomic mass is 10.2. The molecule has 5 nitrogen and oxygen atoms in total. The van der Waals surface area contributed by atoms with Gasteiger partial charge in [0.15, 0.2) is 0 Å². The Balaban J connectivity index is 2.15. The Bertz CT molecular complexity index is 555. The fourth-order valence-corrected chi connectivity index (χ4v) is 2.25. The van der Waals surface area contributed by atoms with Gasteiger partial charge in [-0.1, -0.05) is 18.2 Å². The van der Waals surface area contributed by atoms with Crippen LogP contribution in [0.15, 0.2) is 35.7 Å². The number of nitrogens with one attached hydrogen (secondary N) is 2. The number of ether oxygens (including phenoxy) is 1. The molecule has 2 rings (SSSR count). The van der Waals surface area contributed by atoms with Gasteiger partial charge in [0.2, 0.25) is 0 Å². The van der Waals surface area contributed by atoms with Crippen LogP contribution in [0.1, 0.15) is 10.4 Å². The average molecular weight is 277 g/mol. The number of benzene rings is 1. The number of urea groups is 1. The Morgan fingerprint density at radius 2 is 2.21 bits per heavy atom. The third-order valence-corrected chi connectivity index (χ3v) is 3.38. The van der Waals surface area contributed by atoms with Gasteiger partial charge in [-0.3, -0.25) is 5.43 Å². The molecule has 0 aliphatic heterocycles. The first kappa shape index (κ1) is 13.4. The quantitative estimate of drug-likeness (QED) is 0.457. The highest BCUT2D eigenvalue weighted by molar-refractivity contribution is 7.09. The van der Waals surface area contributed by atoms with Crippen LogP contribution in [-0.4, -0.2) is 6.03 Å². The van der Waals surface area contributed by atoms with Crippen LogP contribution in [0.3, 0.4) is 0 Å². The van der Waals surface area contributed by atoms with E-state index < -0.39 is 6.03 Å². The van der Waals surface area contributed by atoms with Gasteiger partial charge in [0.25, 0.3) is 0 Å². The molecule has 0 atom stereocenters. The Morgan fingerprint density at radius 3 is 2.89 bits per heavy atom. The van der Waals surface area contributed by atoms with Gasteiger partial charge < -0.3 is 10.1 Å². The van der Waals surface area contributed by atoms with Crippen molar-refractivity contribution in [3.63, 3.8) is 0 Å². The summed E-state index contributed by atoms with van der Waals surface area (Å²) in [6.07, 6.45) is 0. The molecule has 6 heteroatoms. The number of hydrogen-bond acceptors (Lipinski definition) is 4. The Morgan fingerprint density at radius 1 is 1.37 bits per heavy atom. The van der Waals surface area contributed by atoms with Gasteiger partial charge in [0.1, 0.15) is 12.4 Å². The van der Waals surface area contributed by atoms with Crippen LogP contribution in [0.5, 0.6) is 5.75 Å². The molecule has 100 valence electrons. The molecule has 0 bridgehead atoms. The zero-order valence-electron chi connectivity index (χ0n) is 10.5. The topological polar surface area (TPSA) is 76.4 Å². The second-order valence-electron chi connectivity index (χ2n) is 3.92. The molecular weight excluding hydrogens is 262 g/mol. The fraction of sp³-hybridized carbons (Fsp3) is 0.154. The van der Waals surface area contributed by atoms with Crippen molar-refractivity contribution in [2.75, 3.05) is 5.32 Å². The normalized spacial score (nSPS) is 10.0. The summed E-state index contributed by atoms with van der Waals surface area (Å²) in [5.74, 6) is 5.71. The van der Waals surface area contributed by atoms with E-state index in [9.17, 15) is 4.79 Å². The predicted molar refractivity (Wildman–Crippen MR) is 76.2 cm³/mol. The first-order valence-electron chi connectivity index (χ1n) is 5.73. The molecule has 1 aromatic carbocycles. The number of rotatable bonds is 4. The van der Waals surface area contributed by atoms with Gasteiger partial charge in [-0.25, -0.2) is 10.6 Å². The van der Waals surface area contributed by atoms with Crippen molar-refractivity contribution in [2.45, 2.75) is 13.5 Å². The second kappa shape index (κ2) is 6.21. The summed E-state index contributed by atoms with van der Waals surface area (Å²) in [7, 11) is 0. The molecule has 0 aliphatic rings. The van der Waals surface area contributed by atoms with Crippen molar-refractivity contribution < 1.29 is 9.53 Å². The number of carbonyl (C=O) groups excluding carboxylic acids is 1. The number of nitrogens with two attached hydrogens (primary N) is 1. The Labute approximate surface area is 115 Å². The van der Waals surface area contributed by atoms with E-state index in [-0.39, 0.29) is 0 Å². The van der Waals surface area contributed by atoms with Gasteiger partial charge in [0, 0.05) is 4.88 Å². The summed E-state index contributed by atoms with van der Waals surface area (Å²) in [5.41, 5.74) is 3.57. The maximum atomic E-state index is 11.3. The molecule has 4 N–H and O–H groups in total. The van der Waals surface area contributed by atoms with Crippen molar-refractivity contribution in [3.05, 3.63) is 46.2 Å². The lowest BCUT2D eigenvalue weighted by Gasteiger charge is -2.14. The minimum atomic E-state index is -0.480. The van der Waals surface area contributed by atoms with Crippen LogP contribution in [-0.2, 0) is 6.61 Å². The highest BCUT2D eigenvalue weighted by atomic mass is 32.1. The molecule has 2 aromatic rings. The number of aryl methyl sites for hydroxylation is 1. The Kier molecular flexibility index (Phi) is 4.38. The Hall–Kier alpha value is -2.05. The SMILES string of the molecule is Cc1cccc(NC(=O)NN)c1OCc1cccs1. The lowest BCUT2D eigenvalue weighted by Crippen LogP contribution is -2.34. The number of anilines is 1.